The molecule has 1 aliphatic rings. The molecule has 88 valence electrons. The molecule has 1 heterocycles. The maximum Gasteiger partial charge on any atom is 0.254 e. The molecule has 1 aromatic carbocycles. The van der Waals surface area contributed by atoms with Crippen molar-refractivity contribution in [3.63, 3.8) is 0 Å². The number of rotatable bonds is 1. The van der Waals surface area contributed by atoms with Gasteiger partial charge in [0, 0.05) is 12.1 Å². The second-order valence-corrected chi connectivity index (χ2v) is 4.51. The van der Waals surface area contributed by atoms with Crippen molar-refractivity contribution in [2.45, 2.75) is 32.2 Å². The lowest BCUT2D eigenvalue weighted by Gasteiger charge is -2.31. The first-order chi connectivity index (χ1) is 8.22. The van der Waals surface area contributed by atoms with Gasteiger partial charge in [0.05, 0.1) is 6.07 Å². The number of hydrogen-bond donors (Lipinski definition) is 0. The molecule has 0 bridgehead atoms. The van der Waals surface area contributed by atoms with E-state index in [-0.39, 0.29) is 11.9 Å². The van der Waals surface area contributed by atoms with E-state index in [2.05, 4.69) is 6.07 Å². The fourth-order valence-electron chi connectivity index (χ4n) is 2.17. The average molecular weight is 228 g/mol. The van der Waals surface area contributed by atoms with Crippen LogP contribution in [0.1, 0.15) is 35.2 Å². The predicted molar refractivity (Wildman–Crippen MR) is 65.5 cm³/mol. The summed E-state index contributed by atoms with van der Waals surface area (Å²) in [5.74, 6) is -0.0174. The number of carbonyl (C=O) groups is 1. The normalized spacial score (nSPS) is 19.8. The van der Waals surface area contributed by atoms with E-state index in [0.29, 0.717) is 12.1 Å². The Labute approximate surface area is 102 Å². The molecule has 2 rings (SSSR count). The topological polar surface area (TPSA) is 44.1 Å². The number of nitrogens with zero attached hydrogens (tertiary/aromatic N) is 2. The molecule has 3 nitrogen and oxygen atoms in total. The predicted octanol–water partition coefficient (Wildman–Crippen LogP) is 2.51. The Morgan fingerprint density at radius 1 is 1.35 bits per heavy atom. The molecule has 1 aliphatic heterocycles. The Morgan fingerprint density at radius 3 is 2.71 bits per heavy atom. The molecule has 1 aromatic rings. The van der Waals surface area contributed by atoms with E-state index in [0.717, 1.165) is 24.8 Å². The minimum absolute atomic E-state index is 0.0174. The fraction of sp³-hybridized carbons (Fsp3) is 0.429. The summed E-state index contributed by atoms with van der Waals surface area (Å²) >= 11 is 0. The molecular formula is C14H16N2O. The highest BCUT2D eigenvalue weighted by atomic mass is 16.2. The van der Waals surface area contributed by atoms with E-state index in [1.807, 2.05) is 31.2 Å². The van der Waals surface area contributed by atoms with Gasteiger partial charge in [-0.15, -0.1) is 0 Å². The molecule has 3 heteroatoms. The third kappa shape index (κ3) is 2.47. The van der Waals surface area contributed by atoms with Crippen LogP contribution in [0, 0.1) is 18.3 Å². The van der Waals surface area contributed by atoms with Crippen LogP contribution in [-0.4, -0.2) is 23.4 Å². The summed E-state index contributed by atoms with van der Waals surface area (Å²) in [5.41, 5.74) is 1.81. The summed E-state index contributed by atoms with van der Waals surface area (Å²) < 4.78 is 0. The standard InChI is InChI=1S/C14H16N2O/c1-11-5-7-12(8-6-11)14(17)16-9-3-2-4-13(16)10-15/h5-8,13H,2-4,9H2,1H3. The first-order valence-electron chi connectivity index (χ1n) is 5.99. The average Bonchev–Trinajstić information content (AvgIpc) is 2.39. The van der Waals surface area contributed by atoms with Crippen LogP contribution in [-0.2, 0) is 0 Å². The van der Waals surface area contributed by atoms with Crippen molar-refractivity contribution in [3.05, 3.63) is 35.4 Å². The first kappa shape index (κ1) is 11.7. The second-order valence-electron chi connectivity index (χ2n) is 4.51. The van der Waals surface area contributed by atoms with Crippen LogP contribution in [0.2, 0.25) is 0 Å². The van der Waals surface area contributed by atoms with Crippen molar-refractivity contribution in [2.75, 3.05) is 6.54 Å². The van der Waals surface area contributed by atoms with E-state index < -0.39 is 0 Å². The van der Waals surface area contributed by atoms with Crippen LogP contribution < -0.4 is 0 Å². The molecule has 1 unspecified atom stereocenters. The van der Waals surface area contributed by atoms with Crippen molar-refractivity contribution in [1.82, 2.24) is 4.90 Å². The van der Waals surface area contributed by atoms with Crippen molar-refractivity contribution < 1.29 is 4.79 Å². The SMILES string of the molecule is Cc1ccc(C(=O)N2CCCCC2C#N)cc1. The summed E-state index contributed by atoms with van der Waals surface area (Å²) in [5, 5.41) is 9.06. The molecule has 0 saturated carbocycles. The van der Waals surface area contributed by atoms with Crippen LogP contribution in [0.4, 0.5) is 0 Å². The van der Waals surface area contributed by atoms with E-state index in [1.165, 1.54) is 0 Å². The molecular weight excluding hydrogens is 212 g/mol. The summed E-state index contributed by atoms with van der Waals surface area (Å²) in [7, 11) is 0. The van der Waals surface area contributed by atoms with Gasteiger partial charge in [-0.2, -0.15) is 5.26 Å². The van der Waals surface area contributed by atoms with Gasteiger partial charge in [0.25, 0.3) is 5.91 Å². The van der Waals surface area contributed by atoms with Gasteiger partial charge in [-0.05, 0) is 38.3 Å². The van der Waals surface area contributed by atoms with Gasteiger partial charge in [-0.25, -0.2) is 0 Å². The zero-order valence-corrected chi connectivity index (χ0v) is 10.0. The van der Waals surface area contributed by atoms with E-state index in [4.69, 9.17) is 5.26 Å². The van der Waals surface area contributed by atoms with Crippen molar-refractivity contribution in [3.8, 4) is 6.07 Å². The van der Waals surface area contributed by atoms with Crippen molar-refractivity contribution in [1.29, 1.82) is 5.26 Å². The smallest absolute Gasteiger partial charge is 0.254 e. The van der Waals surface area contributed by atoms with E-state index >= 15 is 0 Å². The Balaban J connectivity index is 2.18. The van der Waals surface area contributed by atoms with E-state index in [9.17, 15) is 4.79 Å². The number of aryl methyl sites for hydroxylation is 1. The first-order valence-corrected chi connectivity index (χ1v) is 5.99. The Bertz CT molecular complexity index is 444. The van der Waals surface area contributed by atoms with Gasteiger partial charge in [0.1, 0.15) is 6.04 Å². The van der Waals surface area contributed by atoms with Crippen LogP contribution in [0.3, 0.4) is 0 Å². The highest BCUT2D eigenvalue weighted by molar-refractivity contribution is 5.94. The highest BCUT2D eigenvalue weighted by Gasteiger charge is 2.26. The molecule has 1 saturated heterocycles. The zero-order chi connectivity index (χ0) is 12.3. The van der Waals surface area contributed by atoms with Crippen LogP contribution >= 0.6 is 0 Å². The van der Waals surface area contributed by atoms with Gasteiger partial charge < -0.3 is 4.90 Å². The van der Waals surface area contributed by atoms with Crippen LogP contribution in [0.15, 0.2) is 24.3 Å². The van der Waals surface area contributed by atoms with Crippen molar-refractivity contribution in [2.24, 2.45) is 0 Å². The molecule has 1 amide bonds. The Kier molecular flexibility index (Phi) is 3.43. The molecule has 1 fully saturated rings. The van der Waals surface area contributed by atoms with Gasteiger partial charge in [-0.3, -0.25) is 4.79 Å². The number of likely N-dealkylation sites (tertiary alicyclic amines) is 1. The number of piperidine rings is 1. The Hall–Kier alpha value is -1.82. The molecule has 17 heavy (non-hydrogen) atoms. The third-order valence-corrected chi connectivity index (χ3v) is 3.21. The largest absolute Gasteiger partial charge is 0.323 e. The monoisotopic (exact) mass is 228 g/mol. The lowest BCUT2D eigenvalue weighted by atomic mass is 10.0. The second kappa shape index (κ2) is 5.01. The number of carbonyl (C=O) groups excluding carboxylic acids is 1. The molecule has 0 aromatic heterocycles. The number of nitriles is 1. The maximum atomic E-state index is 12.3. The van der Waals surface area contributed by atoms with Gasteiger partial charge in [0.2, 0.25) is 0 Å². The molecule has 0 radical (unpaired) electrons. The fourth-order valence-corrected chi connectivity index (χ4v) is 2.17. The van der Waals surface area contributed by atoms with E-state index in [1.54, 1.807) is 4.90 Å². The summed E-state index contributed by atoms with van der Waals surface area (Å²) in [4.78, 5) is 14.0. The third-order valence-electron chi connectivity index (χ3n) is 3.21. The lowest BCUT2D eigenvalue weighted by molar-refractivity contribution is 0.0670. The zero-order valence-electron chi connectivity index (χ0n) is 10.0. The van der Waals surface area contributed by atoms with Crippen molar-refractivity contribution >= 4 is 5.91 Å². The highest BCUT2D eigenvalue weighted by Crippen LogP contribution is 2.19. The minimum Gasteiger partial charge on any atom is -0.323 e. The summed E-state index contributed by atoms with van der Waals surface area (Å²) in [6, 6.07) is 9.50. The lowest BCUT2D eigenvalue weighted by Crippen LogP contribution is -2.42. The maximum absolute atomic E-state index is 12.3. The van der Waals surface area contributed by atoms with Gasteiger partial charge in [0.15, 0.2) is 0 Å². The van der Waals surface area contributed by atoms with Crippen LogP contribution in [0.25, 0.3) is 0 Å². The number of hydrogen-bond acceptors (Lipinski definition) is 2. The molecule has 0 spiro atoms. The molecule has 0 aliphatic carbocycles. The molecule has 0 N–H and O–H groups in total. The quantitative estimate of drug-likeness (QED) is 0.741. The minimum atomic E-state index is -0.252. The van der Waals surface area contributed by atoms with Gasteiger partial charge in [-0.1, -0.05) is 17.7 Å². The number of amides is 1. The van der Waals surface area contributed by atoms with Gasteiger partial charge >= 0.3 is 0 Å². The molecule has 1 atom stereocenters. The van der Waals surface area contributed by atoms with Crippen LogP contribution in [0.5, 0.6) is 0 Å². The summed E-state index contributed by atoms with van der Waals surface area (Å²) in [6.07, 6.45) is 2.83. The number of benzene rings is 1. The summed E-state index contributed by atoms with van der Waals surface area (Å²) in [6.45, 7) is 2.69. The Morgan fingerprint density at radius 2 is 2.06 bits per heavy atom.